The van der Waals surface area contributed by atoms with Crippen molar-refractivity contribution in [2.75, 3.05) is 20.8 Å². The highest BCUT2D eigenvalue weighted by Crippen LogP contribution is 2.26. The number of carboxylic acids is 1. The predicted octanol–water partition coefficient (Wildman–Crippen LogP) is 1.65. The molecule has 0 aliphatic heterocycles. The highest BCUT2D eigenvalue weighted by molar-refractivity contribution is 7.16. The molecule has 0 bridgehead atoms. The SMILES string of the molecule is COc1ccc(-c2ncc(C(=O)NCC(OC)C(=O)O)s2)cc1. The van der Waals surface area contributed by atoms with E-state index in [9.17, 15) is 9.59 Å². The van der Waals surface area contributed by atoms with Crippen molar-refractivity contribution in [2.24, 2.45) is 0 Å². The molecule has 1 atom stereocenters. The number of hydrogen-bond acceptors (Lipinski definition) is 6. The summed E-state index contributed by atoms with van der Waals surface area (Å²) in [6, 6.07) is 7.33. The number of carboxylic acid groups (broad SMARTS) is 1. The quantitative estimate of drug-likeness (QED) is 0.798. The van der Waals surface area contributed by atoms with E-state index in [2.05, 4.69) is 10.3 Å². The van der Waals surface area contributed by atoms with Gasteiger partial charge < -0.3 is 19.9 Å². The van der Waals surface area contributed by atoms with Gasteiger partial charge in [0.05, 0.1) is 19.9 Å². The molecule has 0 fully saturated rings. The van der Waals surface area contributed by atoms with Crippen molar-refractivity contribution in [1.82, 2.24) is 10.3 Å². The second-order valence-electron chi connectivity index (χ2n) is 4.53. The minimum atomic E-state index is -1.13. The highest BCUT2D eigenvalue weighted by Gasteiger charge is 2.19. The molecular weight excluding hydrogens is 320 g/mol. The number of methoxy groups -OCH3 is 2. The number of rotatable bonds is 7. The summed E-state index contributed by atoms with van der Waals surface area (Å²) in [7, 11) is 2.87. The van der Waals surface area contributed by atoms with E-state index in [4.69, 9.17) is 14.6 Å². The Kier molecular flexibility index (Phi) is 5.67. The number of carbonyl (C=O) groups excluding carboxylic acids is 1. The van der Waals surface area contributed by atoms with Crippen LogP contribution >= 0.6 is 11.3 Å². The molecule has 1 aromatic heterocycles. The van der Waals surface area contributed by atoms with Gasteiger partial charge in [-0.1, -0.05) is 0 Å². The van der Waals surface area contributed by atoms with Gasteiger partial charge >= 0.3 is 5.97 Å². The summed E-state index contributed by atoms with van der Waals surface area (Å²) < 4.78 is 9.85. The summed E-state index contributed by atoms with van der Waals surface area (Å²) in [4.78, 5) is 27.5. The fourth-order valence-electron chi connectivity index (χ4n) is 1.79. The molecule has 0 aliphatic rings. The number of aliphatic carboxylic acids is 1. The summed E-state index contributed by atoms with van der Waals surface area (Å²) in [5.41, 5.74) is 0.871. The van der Waals surface area contributed by atoms with Gasteiger partial charge in [0.2, 0.25) is 0 Å². The highest BCUT2D eigenvalue weighted by atomic mass is 32.1. The van der Waals surface area contributed by atoms with Gasteiger partial charge in [-0.2, -0.15) is 0 Å². The van der Waals surface area contributed by atoms with Crippen molar-refractivity contribution < 1.29 is 24.2 Å². The number of benzene rings is 1. The van der Waals surface area contributed by atoms with Gasteiger partial charge in [0.25, 0.3) is 5.91 Å². The van der Waals surface area contributed by atoms with Crippen LogP contribution in [-0.2, 0) is 9.53 Å². The normalized spacial score (nSPS) is 11.7. The van der Waals surface area contributed by atoms with Crippen molar-refractivity contribution >= 4 is 23.2 Å². The Morgan fingerprint density at radius 1 is 1.30 bits per heavy atom. The smallest absolute Gasteiger partial charge is 0.334 e. The van der Waals surface area contributed by atoms with E-state index in [1.54, 1.807) is 7.11 Å². The Bertz CT molecular complexity index is 683. The molecule has 23 heavy (non-hydrogen) atoms. The van der Waals surface area contributed by atoms with Crippen molar-refractivity contribution in [3.05, 3.63) is 35.3 Å². The number of hydrogen-bond donors (Lipinski definition) is 2. The van der Waals surface area contributed by atoms with Gasteiger partial charge in [0.15, 0.2) is 6.10 Å². The lowest BCUT2D eigenvalue weighted by atomic mass is 10.2. The van der Waals surface area contributed by atoms with Gasteiger partial charge in [-0.25, -0.2) is 9.78 Å². The van der Waals surface area contributed by atoms with Crippen LogP contribution in [0, 0.1) is 0 Å². The third-order valence-corrected chi connectivity index (χ3v) is 4.12. The van der Waals surface area contributed by atoms with Crippen LogP contribution < -0.4 is 10.1 Å². The summed E-state index contributed by atoms with van der Waals surface area (Å²) in [6.07, 6.45) is 0.384. The van der Waals surface area contributed by atoms with Crippen molar-refractivity contribution in [3.8, 4) is 16.3 Å². The van der Waals surface area contributed by atoms with Crippen molar-refractivity contribution in [3.63, 3.8) is 0 Å². The molecule has 0 radical (unpaired) electrons. The molecule has 1 heterocycles. The molecule has 122 valence electrons. The Hall–Kier alpha value is -2.45. The van der Waals surface area contributed by atoms with Crippen LogP contribution in [0.25, 0.3) is 10.6 Å². The standard InChI is InChI=1S/C15H16N2O5S/c1-21-10-5-3-9(4-6-10)14-17-8-12(23-14)13(18)16-7-11(22-2)15(19)20/h3-6,8,11H,7H2,1-2H3,(H,16,18)(H,19,20). The fraction of sp³-hybridized carbons (Fsp3) is 0.267. The lowest BCUT2D eigenvalue weighted by molar-refractivity contribution is -0.148. The molecule has 0 saturated heterocycles. The summed E-state index contributed by atoms with van der Waals surface area (Å²) in [6.45, 7) is -0.111. The number of thiazole rings is 1. The first-order valence-electron chi connectivity index (χ1n) is 6.69. The largest absolute Gasteiger partial charge is 0.497 e. The van der Waals surface area contributed by atoms with Crippen LogP contribution in [0.4, 0.5) is 0 Å². The maximum Gasteiger partial charge on any atom is 0.334 e. The Balaban J connectivity index is 2.03. The maximum absolute atomic E-state index is 12.0. The fourth-order valence-corrected chi connectivity index (χ4v) is 2.63. The van der Waals surface area contributed by atoms with Crippen molar-refractivity contribution in [2.45, 2.75) is 6.10 Å². The van der Waals surface area contributed by atoms with Gasteiger partial charge in [-0.05, 0) is 24.3 Å². The lowest BCUT2D eigenvalue weighted by Gasteiger charge is -2.10. The minimum absolute atomic E-state index is 0.111. The van der Waals surface area contributed by atoms with Crippen molar-refractivity contribution in [1.29, 1.82) is 0 Å². The van der Waals surface area contributed by atoms with E-state index in [-0.39, 0.29) is 12.5 Å². The molecule has 2 aromatic rings. The van der Waals surface area contributed by atoms with Gasteiger partial charge in [0, 0.05) is 12.7 Å². The Morgan fingerprint density at radius 3 is 2.57 bits per heavy atom. The first kappa shape index (κ1) is 16.9. The first-order valence-corrected chi connectivity index (χ1v) is 7.51. The molecule has 0 spiro atoms. The molecule has 2 rings (SSSR count). The van der Waals surface area contributed by atoms with E-state index in [1.165, 1.54) is 24.6 Å². The van der Waals surface area contributed by atoms with Crippen LogP contribution in [-0.4, -0.2) is 48.8 Å². The minimum Gasteiger partial charge on any atom is -0.497 e. The monoisotopic (exact) mass is 336 g/mol. The zero-order valence-electron chi connectivity index (χ0n) is 12.6. The number of amides is 1. The summed E-state index contributed by atoms with van der Waals surface area (Å²) >= 11 is 1.22. The Labute approximate surface area is 136 Å². The lowest BCUT2D eigenvalue weighted by Crippen LogP contribution is -2.37. The molecular formula is C15H16N2O5S. The summed E-state index contributed by atoms with van der Waals surface area (Å²) in [5, 5.41) is 12.1. The average Bonchev–Trinajstić information content (AvgIpc) is 3.05. The molecule has 1 amide bonds. The number of nitrogens with zero attached hydrogens (tertiary/aromatic N) is 1. The Morgan fingerprint density at radius 2 is 2.00 bits per heavy atom. The number of carbonyl (C=O) groups is 2. The average molecular weight is 336 g/mol. The van der Waals surface area contributed by atoms with E-state index in [0.29, 0.717) is 9.88 Å². The van der Waals surface area contributed by atoms with Crippen LogP contribution in [0.2, 0.25) is 0 Å². The molecule has 1 aromatic carbocycles. The molecule has 8 heteroatoms. The maximum atomic E-state index is 12.0. The van der Waals surface area contributed by atoms with E-state index < -0.39 is 12.1 Å². The number of ether oxygens (including phenoxy) is 2. The third kappa shape index (κ3) is 4.27. The summed E-state index contributed by atoms with van der Waals surface area (Å²) in [5.74, 6) is -0.774. The first-order chi connectivity index (χ1) is 11.0. The predicted molar refractivity (Wildman–Crippen MR) is 84.9 cm³/mol. The van der Waals surface area contributed by atoms with Crippen LogP contribution in [0.3, 0.4) is 0 Å². The van der Waals surface area contributed by atoms with E-state index in [0.717, 1.165) is 11.3 Å². The van der Waals surface area contributed by atoms with Gasteiger partial charge in [0.1, 0.15) is 15.6 Å². The van der Waals surface area contributed by atoms with E-state index >= 15 is 0 Å². The molecule has 0 saturated carbocycles. The van der Waals surface area contributed by atoms with Gasteiger partial charge in [-0.15, -0.1) is 11.3 Å². The second-order valence-corrected chi connectivity index (χ2v) is 5.56. The van der Waals surface area contributed by atoms with Crippen LogP contribution in [0.5, 0.6) is 5.75 Å². The third-order valence-electron chi connectivity index (χ3n) is 3.07. The molecule has 7 nitrogen and oxygen atoms in total. The zero-order valence-corrected chi connectivity index (χ0v) is 13.4. The van der Waals surface area contributed by atoms with Crippen LogP contribution in [0.15, 0.2) is 30.5 Å². The molecule has 2 N–H and O–H groups in total. The zero-order chi connectivity index (χ0) is 16.8. The second kappa shape index (κ2) is 7.70. The van der Waals surface area contributed by atoms with Gasteiger partial charge in [-0.3, -0.25) is 4.79 Å². The van der Waals surface area contributed by atoms with Crippen LogP contribution in [0.1, 0.15) is 9.67 Å². The topological polar surface area (TPSA) is 97.8 Å². The number of aromatic nitrogens is 1. The molecule has 0 aliphatic carbocycles. The van der Waals surface area contributed by atoms with E-state index in [1.807, 2.05) is 24.3 Å². The number of nitrogens with one attached hydrogen (secondary N) is 1. The molecule has 1 unspecified atom stereocenters.